The van der Waals surface area contributed by atoms with Gasteiger partial charge in [0.25, 0.3) is 0 Å². The van der Waals surface area contributed by atoms with Gasteiger partial charge in [-0.25, -0.2) is 4.39 Å². The molecule has 0 spiro atoms. The van der Waals surface area contributed by atoms with E-state index in [2.05, 4.69) is 32.4 Å². The molecular weight excluding hydrogens is 345 g/mol. The summed E-state index contributed by atoms with van der Waals surface area (Å²) >= 11 is 0. The second-order valence-electron chi connectivity index (χ2n) is 6.29. The van der Waals surface area contributed by atoms with Crippen molar-refractivity contribution in [1.82, 2.24) is 20.1 Å². The molecule has 6 nitrogen and oxygen atoms in total. The first-order chi connectivity index (χ1) is 13.2. The van der Waals surface area contributed by atoms with Gasteiger partial charge in [0.2, 0.25) is 0 Å². The van der Waals surface area contributed by atoms with E-state index in [9.17, 15) is 4.39 Å². The normalized spacial score (nSPS) is 11.1. The van der Waals surface area contributed by atoms with Gasteiger partial charge in [0.1, 0.15) is 5.82 Å². The maximum atomic E-state index is 13.3. The Balaban J connectivity index is 1.83. The molecule has 0 aliphatic heterocycles. The molecule has 0 aliphatic carbocycles. The van der Waals surface area contributed by atoms with E-state index in [1.165, 1.54) is 12.1 Å². The fraction of sp³-hybridized carbons (Fsp3) is 0.300. The van der Waals surface area contributed by atoms with E-state index in [1.807, 2.05) is 12.1 Å². The number of H-pyrrole nitrogens is 1. The zero-order valence-electron chi connectivity index (χ0n) is 15.6. The predicted molar refractivity (Wildman–Crippen MR) is 105 cm³/mol. The van der Waals surface area contributed by atoms with Crippen molar-refractivity contribution in [3.63, 3.8) is 0 Å². The zero-order chi connectivity index (χ0) is 19.1. The Bertz CT molecular complexity index is 835. The molecule has 3 aromatic rings. The molecule has 0 aliphatic rings. The Morgan fingerprint density at radius 3 is 2.52 bits per heavy atom. The Kier molecular flexibility index (Phi) is 6.51. The molecule has 0 radical (unpaired) electrons. The van der Waals surface area contributed by atoms with Gasteiger partial charge in [-0.05, 0) is 49.0 Å². The number of rotatable bonds is 9. The molecule has 1 aromatic carbocycles. The van der Waals surface area contributed by atoms with Gasteiger partial charge in [-0.15, -0.1) is 0 Å². The van der Waals surface area contributed by atoms with E-state index in [0.29, 0.717) is 6.61 Å². The fourth-order valence-electron chi connectivity index (χ4n) is 2.82. The van der Waals surface area contributed by atoms with Crippen LogP contribution in [0.1, 0.15) is 0 Å². The topological polar surface area (TPSA) is 66.1 Å². The first-order valence-corrected chi connectivity index (χ1v) is 8.85. The van der Waals surface area contributed by atoms with Crippen LogP contribution in [0.2, 0.25) is 0 Å². The number of halogens is 1. The van der Waals surface area contributed by atoms with Crippen LogP contribution in [0, 0.1) is 5.82 Å². The van der Waals surface area contributed by atoms with E-state index in [4.69, 9.17) is 4.74 Å². The van der Waals surface area contributed by atoms with Gasteiger partial charge in [0.15, 0.2) is 5.82 Å². The monoisotopic (exact) mass is 369 g/mol. The molecule has 0 bridgehead atoms. The smallest absolute Gasteiger partial charge is 0.156 e. The van der Waals surface area contributed by atoms with Crippen molar-refractivity contribution < 1.29 is 9.13 Å². The van der Waals surface area contributed by atoms with Gasteiger partial charge in [-0.2, -0.15) is 5.10 Å². The molecule has 0 amide bonds. The lowest BCUT2D eigenvalue weighted by atomic mass is 10.0. The zero-order valence-corrected chi connectivity index (χ0v) is 15.6. The first-order valence-electron chi connectivity index (χ1n) is 8.85. The van der Waals surface area contributed by atoms with Crippen molar-refractivity contribution in [2.75, 3.05) is 45.7 Å². The number of aromatic amines is 1. The maximum Gasteiger partial charge on any atom is 0.156 e. The summed E-state index contributed by atoms with van der Waals surface area (Å²) in [7, 11) is 3.76. The molecule has 0 saturated heterocycles. The van der Waals surface area contributed by atoms with Crippen LogP contribution in [0.4, 0.5) is 10.2 Å². The summed E-state index contributed by atoms with van der Waals surface area (Å²) < 4.78 is 18.4. The highest BCUT2D eigenvalue weighted by atomic mass is 19.1. The Hall–Kier alpha value is -2.77. The number of hydrogen-bond acceptors (Lipinski definition) is 5. The number of aromatic nitrogens is 3. The molecule has 7 heteroatoms. The van der Waals surface area contributed by atoms with E-state index < -0.39 is 0 Å². The van der Waals surface area contributed by atoms with Crippen LogP contribution < -0.4 is 5.32 Å². The number of ether oxygens (including phenoxy) is 1. The molecule has 142 valence electrons. The van der Waals surface area contributed by atoms with Crippen LogP contribution in [-0.2, 0) is 4.74 Å². The first kappa shape index (κ1) is 19.0. The number of pyridine rings is 1. The summed E-state index contributed by atoms with van der Waals surface area (Å²) in [5.41, 5.74) is 3.66. The molecule has 3 rings (SSSR count). The van der Waals surface area contributed by atoms with Crippen molar-refractivity contribution in [3.8, 4) is 22.4 Å². The van der Waals surface area contributed by atoms with E-state index in [0.717, 1.165) is 47.8 Å². The standard InChI is InChI=1S/C20H24FN5O/c1-26(13-14-27-2)12-11-23-20-18(15-7-9-22-10-8-15)19(24-25-20)16-3-5-17(21)6-4-16/h3-10H,11-14H2,1-2H3,(H2,23,24,25). The maximum absolute atomic E-state index is 13.3. The van der Waals surface area contributed by atoms with E-state index >= 15 is 0 Å². The van der Waals surface area contributed by atoms with Crippen molar-refractivity contribution in [2.45, 2.75) is 0 Å². The molecule has 27 heavy (non-hydrogen) atoms. The minimum Gasteiger partial charge on any atom is -0.383 e. The summed E-state index contributed by atoms with van der Waals surface area (Å²) in [4.78, 5) is 6.28. The molecule has 0 fully saturated rings. The summed E-state index contributed by atoms with van der Waals surface area (Å²) in [5.74, 6) is 0.502. The Morgan fingerprint density at radius 2 is 1.81 bits per heavy atom. The quantitative estimate of drug-likeness (QED) is 0.606. The highest BCUT2D eigenvalue weighted by molar-refractivity contribution is 5.88. The predicted octanol–water partition coefficient (Wildman–Crippen LogP) is 3.27. The van der Waals surface area contributed by atoms with Gasteiger partial charge in [-0.3, -0.25) is 10.1 Å². The average molecular weight is 369 g/mol. The number of nitrogens with zero attached hydrogens (tertiary/aromatic N) is 3. The highest BCUT2D eigenvalue weighted by Crippen LogP contribution is 2.35. The number of hydrogen-bond donors (Lipinski definition) is 2. The summed E-state index contributed by atoms with van der Waals surface area (Å²) in [6.07, 6.45) is 3.50. The number of benzene rings is 1. The van der Waals surface area contributed by atoms with Crippen LogP contribution in [0.3, 0.4) is 0 Å². The molecule has 0 atom stereocenters. The Labute approximate surface area is 158 Å². The third-order valence-corrected chi connectivity index (χ3v) is 4.33. The average Bonchev–Trinajstić information content (AvgIpc) is 3.11. The minimum atomic E-state index is -0.263. The van der Waals surface area contributed by atoms with Gasteiger partial charge >= 0.3 is 0 Å². The number of methoxy groups -OCH3 is 1. The van der Waals surface area contributed by atoms with Crippen LogP contribution >= 0.6 is 0 Å². The molecule has 2 N–H and O–H groups in total. The van der Waals surface area contributed by atoms with Crippen LogP contribution in [0.15, 0.2) is 48.8 Å². The molecule has 2 aromatic heterocycles. The van der Waals surface area contributed by atoms with Gasteiger partial charge in [0, 0.05) is 44.7 Å². The van der Waals surface area contributed by atoms with Crippen molar-refractivity contribution in [2.24, 2.45) is 0 Å². The second kappa shape index (κ2) is 9.25. The third-order valence-electron chi connectivity index (χ3n) is 4.33. The van der Waals surface area contributed by atoms with Gasteiger partial charge in [0.05, 0.1) is 17.9 Å². The van der Waals surface area contributed by atoms with Crippen molar-refractivity contribution in [3.05, 3.63) is 54.6 Å². The number of anilines is 1. The lowest BCUT2D eigenvalue weighted by Gasteiger charge is -2.16. The highest BCUT2D eigenvalue weighted by Gasteiger charge is 2.16. The number of nitrogens with one attached hydrogen (secondary N) is 2. The molecule has 0 unspecified atom stereocenters. The summed E-state index contributed by atoms with van der Waals surface area (Å²) in [6, 6.07) is 10.3. The molecule has 2 heterocycles. The van der Waals surface area contributed by atoms with Crippen LogP contribution in [0.5, 0.6) is 0 Å². The molecular formula is C20H24FN5O. The van der Waals surface area contributed by atoms with Gasteiger partial charge < -0.3 is 15.0 Å². The molecule has 0 saturated carbocycles. The minimum absolute atomic E-state index is 0.263. The van der Waals surface area contributed by atoms with Crippen molar-refractivity contribution in [1.29, 1.82) is 0 Å². The number of likely N-dealkylation sites (N-methyl/N-ethyl adjacent to an activating group) is 1. The third kappa shape index (κ3) is 4.90. The largest absolute Gasteiger partial charge is 0.383 e. The summed E-state index contributed by atoms with van der Waals surface area (Å²) in [5, 5.41) is 11.0. The Morgan fingerprint density at radius 1 is 1.07 bits per heavy atom. The van der Waals surface area contributed by atoms with Crippen molar-refractivity contribution >= 4 is 5.82 Å². The second-order valence-corrected chi connectivity index (χ2v) is 6.29. The lowest BCUT2D eigenvalue weighted by molar-refractivity contribution is 0.163. The van der Waals surface area contributed by atoms with Crippen LogP contribution in [0.25, 0.3) is 22.4 Å². The lowest BCUT2D eigenvalue weighted by Crippen LogP contribution is -2.28. The van der Waals surface area contributed by atoms with E-state index in [-0.39, 0.29) is 5.82 Å². The fourth-order valence-corrected chi connectivity index (χ4v) is 2.82. The SMILES string of the molecule is COCCN(C)CCNc1n[nH]c(-c2ccc(F)cc2)c1-c1ccncc1. The van der Waals surface area contributed by atoms with E-state index in [1.54, 1.807) is 31.6 Å². The van der Waals surface area contributed by atoms with Gasteiger partial charge in [-0.1, -0.05) is 0 Å². The summed E-state index contributed by atoms with van der Waals surface area (Å²) in [6.45, 7) is 3.18. The van der Waals surface area contributed by atoms with Crippen LogP contribution in [-0.4, -0.2) is 60.5 Å².